The van der Waals surface area contributed by atoms with Crippen LogP contribution in [0.2, 0.25) is 5.02 Å². The van der Waals surface area contributed by atoms with Crippen LogP contribution < -0.4 is 15.8 Å². The summed E-state index contributed by atoms with van der Waals surface area (Å²) in [4.78, 5) is 25.6. The highest BCUT2D eigenvalue weighted by atomic mass is 35.5. The number of hydrogen-bond acceptors (Lipinski definition) is 3. The Kier molecular flexibility index (Phi) is 8.48. The molecule has 0 fully saturated rings. The van der Waals surface area contributed by atoms with Crippen LogP contribution in [0.15, 0.2) is 41.2 Å². The number of rotatable bonds is 10. The summed E-state index contributed by atoms with van der Waals surface area (Å²) in [5.74, 6) is -0.0601. The van der Waals surface area contributed by atoms with Gasteiger partial charge in [-0.25, -0.2) is 4.68 Å². The largest absolute Gasteiger partial charge is 0.356 e. The number of nitrogens with zero attached hydrogens (tertiary/aromatic N) is 2. The van der Waals surface area contributed by atoms with E-state index < -0.39 is 0 Å². The Morgan fingerprint density at radius 2 is 1.85 bits per heavy atom. The number of carbonyl (C=O) groups excluding carboxylic acids is 1. The Morgan fingerprint density at radius 1 is 1.15 bits per heavy atom. The molecule has 0 aliphatic carbocycles. The van der Waals surface area contributed by atoms with Crippen molar-refractivity contribution >= 4 is 17.5 Å². The molecule has 2 rings (SSSR count). The molecule has 0 unspecified atom stereocenters. The van der Waals surface area contributed by atoms with Gasteiger partial charge in [-0.3, -0.25) is 9.59 Å². The zero-order valence-electron chi connectivity index (χ0n) is 16.0. The second-order valence-electron chi connectivity index (χ2n) is 6.45. The van der Waals surface area contributed by atoms with E-state index in [-0.39, 0.29) is 24.4 Å². The first-order chi connectivity index (χ1) is 13.0. The molecule has 1 aromatic carbocycles. The highest BCUT2D eigenvalue weighted by Gasteiger charge is 2.07. The maximum absolute atomic E-state index is 12.0. The molecule has 2 aromatic rings. The van der Waals surface area contributed by atoms with E-state index in [0.717, 1.165) is 31.6 Å². The Labute approximate surface area is 165 Å². The highest BCUT2D eigenvalue weighted by molar-refractivity contribution is 6.30. The third-order valence-corrected chi connectivity index (χ3v) is 4.84. The van der Waals surface area contributed by atoms with Crippen LogP contribution in [0.4, 0.5) is 0 Å². The van der Waals surface area contributed by atoms with E-state index in [1.54, 1.807) is 18.2 Å². The third kappa shape index (κ3) is 6.81. The molecule has 0 bridgehead atoms. The summed E-state index contributed by atoms with van der Waals surface area (Å²) in [5.41, 5.74) is 1.33. The second kappa shape index (κ2) is 10.8. The molecule has 0 saturated carbocycles. The number of nitrogens with one attached hydrogen (secondary N) is 2. The SMILES string of the molecule is CC[NH+](CC)CCCNC(=O)CCn1nc(-c2ccc(Cl)cc2)ccc1=O. The first-order valence-corrected chi connectivity index (χ1v) is 9.85. The summed E-state index contributed by atoms with van der Waals surface area (Å²) in [6, 6.07) is 10.4. The maximum Gasteiger partial charge on any atom is 0.266 e. The summed E-state index contributed by atoms with van der Waals surface area (Å²) in [6.45, 7) is 8.51. The number of hydrogen-bond donors (Lipinski definition) is 2. The summed E-state index contributed by atoms with van der Waals surface area (Å²) in [7, 11) is 0. The maximum atomic E-state index is 12.0. The van der Waals surface area contributed by atoms with Gasteiger partial charge < -0.3 is 10.2 Å². The standard InChI is InChI=1S/C20H27ClN4O2/c1-3-24(4-2)14-5-13-22-19(26)12-15-25-20(27)11-10-18(23-25)16-6-8-17(21)9-7-16/h6-11H,3-5,12-15H2,1-2H3,(H,22,26)/p+1. The van der Waals surface area contributed by atoms with Gasteiger partial charge in [0.2, 0.25) is 5.91 Å². The van der Waals surface area contributed by atoms with Gasteiger partial charge in [0.1, 0.15) is 0 Å². The van der Waals surface area contributed by atoms with Crippen molar-refractivity contribution in [2.45, 2.75) is 33.2 Å². The number of quaternary nitrogens is 1. The van der Waals surface area contributed by atoms with E-state index >= 15 is 0 Å². The second-order valence-corrected chi connectivity index (χ2v) is 6.88. The first kappa shape index (κ1) is 21.1. The topological polar surface area (TPSA) is 68.4 Å². The first-order valence-electron chi connectivity index (χ1n) is 9.47. The van der Waals surface area contributed by atoms with Crippen molar-refractivity contribution in [3.8, 4) is 11.3 Å². The van der Waals surface area contributed by atoms with Crippen LogP contribution in [0.1, 0.15) is 26.7 Å². The third-order valence-electron chi connectivity index (χ3n) is 4.59. The molecular weight excluding hydrogens is 364 g/mol. The van der Waals surface area contributed by atoms with Gasteiger partial charge in [-0.1, -0.05) is 23.7 Å². The molecule has 0 aliphatic rings. The number of halogens is 1. The lowest BCUT2D eigenvalue weighted by atomic mass is 10.1. The van der Waals surface area contributed by atoms with Crippen LogP contribution >= 0.6 is 11.6 Å². The van der Waals surface area contributed by atoms with Gasteiger partial charge in [-0.15, -0.1) is 0 Å². The molecular formula is C20H28ClN4O2+. The fraction of sp³-hybridized carbons (Fsp3) is 0.450. The van der Waals surface area contributed by atoms with Crippen molar-refractivity contribution in [2.24, 2.45) is 0 Å². The molecule has 27 heavy (non-hydrogen) atoms. The zero-order chi connectivity index (χ0) is 19.6. The van der Waals surface area contributed by atoms with Gasteiger partial charge in [-0.05, 0) is 32.0 Å². The van der Waals surface area contributed by atoms with Crippen LogP contribution in [0, 0.1) is 0 Å². The fourth-order valence-corrected chi connectivity index (χ4v) is 2.98. The van der Waals surface area contributed by atoms with Crippen molar-refractivity contribution < 1.29 is 9.69 Å². The van der Waals surface area contributed by atoms with Gasteiger partial charge in [0, 0.05) is 36.0 Å². The molecule has 0 saturated heterocycles. The molecule has 146 valence electrons. The molecule has 0 aliphatic heterocycles. The van der Waals surface area contributed by atoms with E-state index in [0.29, 0.717) is 17.3 Å². The van der Waals surface area contributed by atoms with E-state index in [9.17, 15) is 9.59 Å². The van der Waals surface area contributed by atoms with Crippen molar-refractivity contribution in [1.29, 1.82) is 0 Å². The van der Waals surface area contributed by atoms with Crippen LogP contribution in [0.5, 0.6) is 0 Å². The number of aromatic nitrogens is 2. The summed E-state index contributed by atoms with van der Waals surface area (Å²) < 4.78 is 1.34. The zero-order valence-corrected chi connectivity index (χ0v) is 16.8. The fourth-order valence-electron chi connectivity index (χ4n) is 2.85. The van der Waals surface area contributed by atoms with Crippen LogP contribution in [0.3, 0.4) is 0 Å². The normalized spacial score (nSPS) is 11.0. The average molecular weight is 392 g/mol. The molecule has 1 amide bonds. The van der Waals surface area contributed by atoms with Gasteiger partial charge in [0.15, 0.2) is 0 Å². The van der Waals surface area contributed by atoms with Gasteiger partial charge in [0.05, 0.1) is 31.9 Å². The van der Waals surface area contributed by atoms with E-state index in [1.807, 2.05) is 12.1 Å². The van der Waals surface area contributed by atoms with Crippen molar-refractivity contribution in [1.82, 2.24) is 15.1 Å². The van der Waals surface area contributed by atoms with Gasteiger partial charge in [-0.2, -0.15) is 5.10 Å². The summed E-state index contributed by atoms with van der Waals surface area (Å²) >= 11 is 5.90. The monoisotopic (exact) mass is 391 g/mol. The summed E-state index contributed by atoms with van der Waals surface area (Å²) in [6.07, 6.45) is 1.18. The molecule has 7 heteroatoms. The quantitative estimate of drug-likeness (QED) is 0.601. The van der Waals surface area contributed by atoms with E-state index in [4.69, 9.17) is 11.6 Å². The number of benzene rings is 1. The lowest BCUT2D eigenvalue weighted by Gasteiger charge is -2.15. The van der Waals surface area contributed by atoms with E-state index in [1.165, 1.54) is 15.6 Å². The number of carbonyl (C=O) groups is 1. The Hall–Kier alpha value is -2.18. The van der Waals surface area contributed by atoms with Gasteiger partial charge >= 0.3 is 0 Å². The molecule has 6 nitrogen and oxygen atoms in total. The molecule has 0 spiro atoms. The Balaban J connectivity index is 1.86. The molecule has 0 radical (unpaired) electrons. The highest BCUT2D eigenvalue weighted by Crippen LogP contribution is 2.18. The minimum absolute atomic E-state index is 0.0601. The minimum atomic E-state index is -0.217. The van der Waals surface area contributed by atoms with Crippen LogP contribution in [0.25, 0.3) is 11.3 Å². The molecule has 1 heterocycles. The average Bonchev–Trinajstić information content (AvgIpc) is 2.68. The Morgan fingerprint density at radius 3 is 2.52 bits per heavy atom. The predicted octanol–water partition coefficient (Wildman–Crippen LogP) is 1.38. The minimum Gasteiger partial charge on any atom is -0.356 e. The molecule has 1 aromatic heterocycles. The van der Waals surface area contributed by atoms with Crippen molar-refractivity contribution in [3.05, 3.63) is 51.8 Å². The van der Waals surface area contributed by atoms with Crippen molar-refractivity contribution in [2.75, 3.05) is 26.2 Å². The number of amides is 1. The van der Waals surface area contributed by atoms with Crippen LogP contribution in [-0.4, -0.2) is 41.9 Å². The van der Waals surface area contributed by atoms with Crippen molar-refractivity contribution in [3.63, 3.8) is 0 Å². The lowest BCUT2D eigenvalue weighted by Crippen LogP contribution is -3.11. The molecule has 0 atom stereocenters. The van der Waals surface area contributed by atoms with E-state index in [2.05, 4.69) is 24.3 Å². The smallest absolute Gasteiger partial charge is 0.266 e. The molecule has 2 N–H and O–H groups in total. The predicted molar refractivity (Wildman–Crippen MR) is 108 cm³/mol. The lowest BCUT2D eigenvalue weighted by molar-refractivity contribution is -0.896. The summed E-state index contributed by atoms with van der Waals surface area (Å²) in [5, 5.41) is 7.93. The van der Waals surface area contributed by atoms with Crippen LogP contribution in [-0.2, 0) is 11.3 Å². The number of aryl methyl sites for hydroxylation is 1. The van der Waals surface area contributed by atoms with Gasteiger partial charge in [0.25, 0.3) is 5.56 Å². The Bertz CT molecular complexity index is 785.